The molecule has 1 atom stereocenters. The first kappa shape index (κ1) is 18.1. The molecule has 2 aromatic carbocycles. The van der Waals surface area contributed by atoms with Crippen molar-refractivity contribution >= 4 is 20.0 Å². The highest BCUT2D eigenvalue weighted by atomic mass is 32.2. The van der Waals surface area contributed by atoms with Gasteiger partial charge in [0.25, 0.3) is 0 Å². The molecule has 25 heavy (non-hydrogen) atoms. The Bertz CT molecular complexity index is 980. The Labute approximate surface area is 148 Å². The van der Waals surface area contributed by atoms with Crippen molar-refractivity contribution in [1.29, 1.82) is 0 Å². The average molecular weight is 380 g/mol. The molecule has 0 amide bonds. The maximum Gasteiger partial charge on any atom is 0.241 e. The van der Waals surface area contributed by atoms with Gasteiger partial charge in [-0.05, 0) is 49.4 Å². The van der Waals surface area contributed by atoms with Crippen molar-refractivity contribution in [3.63, 3.8) is 0 Å². The molecule has 8 heteroatoms. The van der Waals surface area contributed by atoms with E-state index in [2.05, 4.69) is 4.72 Å². The summed E-state index contributed by atoms with van der Waals surface area (Å²) < 4.78 is 51.2. The van der Waals surface area contributed by atoms with Crippen LogP contribution in [-0.4, -0.2) is 16.8 Å². The third-order valence-electron chi connectivity index (χ3n) is 4.26. The van der Waals surface area contributed by atoms with Gasteiger partial charge in [-0.3, -0.25) is 0 Å². The molecule has 0 saturated heterocycles. The van der Waals surface area contributed by atoms with E-state index >= 15 is 0 Å². The van der Waals surface area contributed by atoms with Crippen LogP contribution in [0.5, 0.6) is 0 Å². The van der Waals surface area contributed by atoms with Crippen LogP contribution in [0.4, 0.5) is 0 Å². The second-order valence-electron chi connectivity index (χ2n) is 6.37. The lowest BCUT2D eigenvalue weighted by Gasteiger charge is -2.19. The van der Waals surface area contributed by atoms with Crippen molar-refractivity contribution in [2.24, 2.45) is 11.1 Å². The number of primary sulfonamides is 1. The van der Waals surface area contributed by atoms with E-state index in [9.17, 15) is 16.8 Å². The van der Waals surface area contributed by atoms with E-state index in [-0.39, 0.29) is 21.8 Å². The molecule has 0 spiro atoms. The highest BCUT2D eigenvalue weighted by molar-refractivity contribution is 7.90. The van der Waals surface area contributed by atoms with Gasteiger partial charge in [-0.2, -0.15) is 0 Å². The summed E-state index contributed by atoms with van der Waals surface area (Å²) in [6, 6.07) is 12.5. The lowest BCUT2D eigenvalue weighted by Crippen LogP contribution is -2.30. The zero-order valence-electron chi connectivity index (χ0n) is 13.7. The largest absolute Gasteiger partial charge is 0.241 e. The van der Waals surface area contributed by atoms with E-state index in [0.29, 0.717) is 0 Å². The fraction of sp³-hybridized carbons (Fsp3) is 0.294. The minimum absolute atomic E-state index is 0.114. The van der Waals surface area contributed by atoms with Crippen LogP contribution >= 0.6 is 0 Å². The minimum Gasteiger partial charge on any atom is -0.225 e. The van der Waals surface area contributed by atoms with E-state index in [1.807, 2.05) is 31.2 Å². The Morgan fingerprint density at radius 2 is 1.60 bits per heavy atom. The Morgan fingerprint density at radius 3 is 2.16 bits per heavy atom. The van der Waals surface area contributed by atoms with Crippen LogP contribution < -0.4 is 9.86 Å². The van der Waals surface area contributed by atoms with Crippen molar-refractivity contribution in [3.05, 3.63) is 59.7 Å². The van der Waals surface area contributed by atoms with Crippen LogP contribution in [0.2, 0.25) is 0 Å². The number of benzene rings is 2. The molecule has 6 nitrogen and oxygen atoms in total. The Hall–Kier alpha value is -1.74. The lowest BCUT2D eigenvalue weighted by molar-refractivity contribution is 0.529. The molecular formula is C17H20N2O4S2. The van der Waals surface area contributed by atoms with Crippen LogP contribution in [0.3, 0.4) is 0 Å². The summed E-state index contributed by atoms with van der Waals surface area (Å²) in [6.07, 6.45) is 1.91. The molecule has 3 N–H and O–H groups in total. The van der Waals surface area contributed by atoms with E-state index in [1.54, 1.807) is 0 Å². The molecule has 0 bridgehead atoms. The Balaban J connectivity index is 1.93. The lowest BCUT2D eigenvalue weighted by atomic mass is 10.0. The van der Waals surface area contributed by atoms with Gasteiger partial charge in [0.1, 0.15) is 0 Å². The maximum atomic E-state index is 12.7. The van der Waals surface area contributed by atoms with Gasteiger partial charge in [-0.15, -0.1) is 0 Å². The molecule has 0 aliphatic heterocycles. The average Bonchev–Trinajstić information content (AvgIpc) is 3.38. The van der Waals surface area contributed by atoms with Crippen LogP contribution in [0.15, 0.2) is 58.3 Å². The van der Waals surface area contributed by atoms with Gasteiger partial charge in [0.05, 0.1) is 9.79 Å². The molecule has 1 fully saturated rings. The first-order valence-electron chi connectivity index (χ1n) is 7.88. The zero-order valence-corrected chi connectivity index (χ0v) is 15.3. The maximum absolute atomic E-state index is 12.7. The summed E-state index contributed by atoms with van der Waals surface area (Å²) in [4.78, 5) is -0.342. The SMILES string of the molecule is Cc1ccc(C(NS(=O)(=O)c2cccc(S(N)(=O)=O)c2)C2CC2)cc1. The van der Waals surface area contributed by atoms with Crippen molar-refractivity contribution in [1.82, 2.24) is 4.72 Å². The quantitative estimate of drug-likeness (QED) is 0.800. The normalized spacial score (nSPS) is 16.6. The number of rotatable bonds is 6. The van der Waals surface area contributed by atoms with E-state index in [1.165, 1.54) is 18.2 Å². The fourth-order valence-electron chi connectivity index (χ4n) is 2.69. The van der Waals surface area contributed by atoms with Crippen molar-refractivity contribution < 1.29 is 16.8 Å². The predicted octanol–water partition coefficient (Wildman–Crippen LogP) is 2.07. The van der Waals surface area contributed by atoms with Crippen molar-refractivity contribution in [3.8, 4) is 0 Å². The van der Waals surface area contributed by atoms with Crippen LogP contribution in [0, 0.1) is 12.8 Å². The zero-order chi connectivity index (χ0) is 18.2. The summed E-state index contributed by atoms with van der Waals surface area (Å²) in [5.41, 5.74) is 2.00. The van der Waals surface area contributed by atoms with Crippen LogP contribution in [-0.2, 0) is 20.0 Å². The number of hydrogen-bond acceptors (Lipinski definition) is 4. The number of sulfonamides is 2. The first-order valence-corrected chi connectivity index (χ1v) is 10.9. The fourth-order valence-corrected chi connectivity index (χ4v) is 4.67. The summed E-state index contributed by atoms with van der Waals surface area (Å²) in [6.45, 7) is 1.97. The van der Waals surface area contributed by atoms with E-state index < -0.39 is 20.0 Å². The van der Waals surface area contributed by atoms with Crippen molar-refractivity contribution in [2.45, 2.75) is 35.6 Å². The van der Waals surface area contributed by atoms with Gasteiger partial charge in [0.15, 0.2) is 0 Å². The molecule has 134 valence electrons. The van der Waals surface area contributed by atoms with Gasteiger partial charge >= 0.3 is 0 Å². The summed E-state index contributed by atoms with van der Waals surface area (Å²) in [5, 5.41) is 5.09. The molecule has 0 aromatic heterocycles. The molecule has 1 unspecified atom stereocenters. The molecule has 0 heterocycles. The highest BCUT2D eigenvalue weighted by Gasteiger charge is 2.35. The summed E-state index contributed by atoms with van der Waals surface area (Å²) >= 11 is 0. The second kappa shape index (κ2) is 6.53. The van der Waals surface area contributed by atoms with E-state index in [0.717, 1.165) is 30.0 Å². The van der Waals surface area contributed by atoms with Gasteiger partial charge in [-0.1, -0.05) is 35.9 Å². The Morgan fingerprint density at radius 1 is 1.00 bits per heavy atom. The molecule has 1 aliphatic carbocycles. The highest BCUT2D eigenvalue weighted by Crippen LogP contribution is 2.41. The molecule has 1 saturated carbocycles. The van der Waals surface area contributed by atoms with Gasteiger partial charge in [0.2, 0.25) is 20.0 Å². The summed E-state index contributed by atoms with van der Waals surface area (Å²) in [5.74, 6) is 0.249. The number of hydrogen-bond donors (Lipinski definition) is 2. The van der Waals surface area contributed by atoms with Gasteiger partial charge in [-0.25, -0.2) is 26.7 Å². The van der Waals surface area contributed by atoms with Crippen molar-refractivity contribution in [2.75, 3.05) is 0 Å². The predicted molar refractivity (Wildman–Crippen MR) is 94.8 cm³/mol. The second-order valence-corrected chi connectivity index (χ2v) is 9.64. The molecule has 3 rings (SSSR count). The number of nitrogens with one attached hydrogen (secondary N) is 1. The van der Waals surface area contributed by atoms with Crippen LogP contribution in [0.1, 0.15) is 30.0 Å². The molecule has 2 aromatic rings. The number of aryl methyl sites for hydroxylation is 1. The van der Waals surface area contributed by atoms with E-state index in [4.69, 9.17) is 5.14 Å². The van der Waals surface area contributed by atoms with Crippen LogP contribution in [0.25, 0.3) is 0 Å². The smallest absolute Gasteiger partial charge is 0.225 e. The molecular weight excluding hydrogens is 360 g/mol. The first-order chi connectivity index (χ1) is 11.7. The summed E-state index contributed by atoms with van der Waals surface area (Å²) in [7, 11) is -7.84. The third-order valence-corrected chi connectivity index (χ3v) is 6.61. The van der Waals surface area contributed by atoms with Gasteiger partial charge < -0.3 is 0 Å². The molecule has 0 radical (unpaired) electrons. The monoisotopic (exact) mass is 380 g/mol. The topological polar surface area (TPSA) is 106 Å². The Kier molecular flexibility index (Phi) is 4.72. The third kappa shape index (κ3) is 4.27. The van der Waals surface area contributed by atoms with Gasteiger partial charge in [0, 0.05) is 6.04 Å². The standard InChI is InChI=1S/C17H20N2O4S2/c1-12-5-7-13(8-6-12)17(14-9-10-14)19-25(22,23)16-4-2-3-15(11-16)24(18,20)21/h2-8,11,14,17,19H,9-10H2,1H3,(H2,18,20,21). The molecule has 1 aliphatic rings. The minimum atomic E-state index is -3.97. The number of nitrogens with two attached hydrogens (primary N) is 1.